The van der Waals surface area contributed by atoms with Gasteiger partial charge in [-0.2, -0.15) is 0 Å². The molecule has 1 aliphatic heterocycles. The minimum Gasteiger partial charge on any atom is -0.481 e. The van der Waals surface area contributed by atoms with Crippen molar-refractivity contribution >= 4 is 5.97 Å². The maximum absolute atomic E-state index is 10.8. The van der Waals surface area contributed by atoms with Crippen LogP contribution in [0.1, 0.15) is 26.0 Å². The molecule has 0 radical (unpaired) electrons. The van der Waals surface area contributed by atoms with E-state index in [1.54, 1.807) is 6.26 Å². The standard InChI is InChI=1S/C13H20N2O3/c1-13(2)9-15(8-11-4-3-5-18-11)7-10(14-13)6-12(16)17/h3-5,10,14H,6-9H2,1-2H3,(H,16,17). The quantitative estimate of drug-likeness (QED) is 0.845. The molecule has 0 bridgehead atoms. The lowest BCUT2D eigenvalue weighted by Crippen LogP contribution is -2.62. The Morgan fingerprint density at radius 3 is 3.06 bits per heavy atom. The molecule has 0 aliphatic carbocycles. The van der Waals surface area contributed by atoms with Gasteiger partial charge in [-0.05, 0) is 26.0 Å². The lowest BCUT2D eigenvalue weighted by Gasteiger charge is -2.43. The summed E-state index contributed by atoms with van der Waals surface area (Å²) in [6.45, 7) is 6.53. The summed E-state index contributed by atoms with van der Waals surface area (Å²) < 4.78 is 5.34. The van der Waals surface area contributed by atoms with E-state index in [-0.39, 0.29) is 18.0 Å². The van der Waals surface area contributed by atoms with E-state index >= 15 is 0 Å². The average Bonchev–Trinajstić information content (AvgIpc) is 2.66. The highest BCUT2D eigenvalue weighted by atomic mass is 16.4. The minimum absolute atomic E-state index is 0.0128. The third-order valence-electron chi connectivity index (χ3n) is 3.07. The van der Waals surface area contributed by atoms with Crippen LogP contribution >= 0.6 is 0 Å². The molecule has 0 amide bonds. The average molecular weight is 252 g/mol. The summed E-state index contributed by atoms with van der Waals surface area (Å²) in [5.41, 5.74) is -0.0784. The van der Waals surface area contributed by atoms with E-state index in [1.165, 1.54) is 0 Å². The van der Waals surface area contributed by atoms with Gasteiger partial charge in [0.1, 0.15) is 5.76 Å². The number of aliphatic carboxylic acids is 1. The summed E-state index contributed by atoms with van der Waals surface area (Å²) in [5.74, 6) is 0.157. The van der Waals surface area contributed by atoms with Crippen LogP contribution in [0, 0.1) is 0 Å². The van der Waals surface area contributed by atoms with E-state index in [2.05, 4.69) is 24.1 Å². The SMILES string of the molecule is CC1(C)CN(Cc2ccco2)CC(CC(=O)O)N1. The first kappa shape index (κ1) is 13.1. The lowest BCUT2D eigenvalue weighted by atomic mass is 9.97. The van der Waals surface area contributed by atoms with Crippen LogP contribution in [0.3, 0.4) is 0 Å². The van der Waals surface area contributed by atoms with Crippen LogP contribution in [0.25, 0.3) is 0 Å². The molecule has 1 fully saturated rings. The second-order valence-electron chi connectivity index (χ2n) is 5.57. The van der Waals surface area contributed by atoms with Crippen LogP contribution < -0.4 is 5.32 Å². The molecule has 1 aromatic rings. The molecule has 1 saturated heterocycles. The molecule has 18 heavy (non-hydrogen) atoms. The van der Waals surface area contributed by atoms with Crippen molar-refractivity contribution in [1.29, 1.82) is 0 Å². The third-order valence-corrected chi connectivity index (χ3v) is 3.07. The number of piperazine rings is 1. The highest BCUT2D eigenvalue weighted by Gasteiger charge is 2.32. The first-order valence-corrected chi connectivity index (χ1v) is 6.19. The lowest BCUT2D eigenvalue weighted by molar-refractivity contribution is -0.138. The van der Waals surface area contributed by atoms with Crippen LogP contribution in [0.5, 0.6) is 0 Å². The van der Waals surface area contributed by atoms with E-state index in [4.69, 9.17) is 9.52 Å². The van der Waals surface area contributed by atoms with Gasteiger partial charge in [0, 0.05) is 24.7 Å². The number of hydrogen-bond donors (Lipinski definition) is 2. The molecule has 1 aliphatic rings. The molecule has 2 rings (SSSR count). The smallest absolute Gasteiger partial charge is 0.304 e. The Kier molecular flexibility index (Phi) is 3.73. The van der Waals surface area contributed by atoms with Crippen LogP contribution in [-0.2, 0) is 11.3 Å². The summed E-state index contributed by atoms with van der Waals surface area (Å²) in [6, 6.07) is 3.81. The third kappa shape index (κ3) is 3.58. The van der Waals surface area contributed by atoms with Crippen molar-refractivity contribution in [3.05, 3.63) is 24.2 Å². The number of furan rings is 1. The van der Waals surface area contributed by atoms with Crippen LogP contribution in [0.4, 0.5) is 0 Å². The normalized spacial score (nSPS) is 24.0. The van der Waals surface area contributed by atoms with Gasteiger partial charge in [0.15, 0.2) is 0 Å². The van der Waals surface area contributed by atoms with E-state index in [9.17, 15) is 4.79 Å². The fraction of sp³-hybridized carbons (Fsp3) is 0.615. The Morgan fingerprint density at radius 1 is 1.67 bits per heavy atom. The van der Waals surface area contributed by atoms with Gasteiger partial charge in [-0.1, -0.05) is 0 Å². The number of hydrogen-bond acceptors (Lipinski definition) is 4. The number of carboxylic acid groups (broad SMARTS) is 1. The summed E-state index contributed by atoms with van der Waals surface area (Å²) in [5, 5.41) is 12.3. The van der Waals surface area contributed by atoms with Gasteiger partial charge in [0.05, 0.1) is 19.2 Å². The molecular weight excluding hydrogens is 232 g/mol. The molecule has 0 spiro atoms. The molecule has 0 aromatic carbocycles. The first-order valence-electron chi connectivity index (χ1n) is 6.19. The minimum atomic E-state index is -0.761. The zero-order valence-electron chi connectivity index (χ0n) is 10.8. The Balaban J connectivity index is 1.99. The molecule has 0 saturated carbocycles. The molecule has 1 aromatic heterocycles. The first-order chi connectivity index (χ1) is 8.44. The second-order valence-corrected chi connectivity index (χ2v) is 5.57. The fourth-order valence-electron chi connectivity index (χ4n) is 2.65. The number of nitrogens with one attached hydrogen (secondary N) is 1. The summed E-state index contributed by atoms with van der Waals surface area (Å²) in [6.07, 6.45) is 1.81. The van der Waals surface area contributed by atoms with Crippen molar-refractivity contribution in [2.24, 2.45) is 0 Å². The Bertz CT molecular complexity index is 400. The predicted molar refractivity (Wildman–Crippen MR) is 67.2 cm³/mol. The van der Waals surface area contributed by atoms with E-state index in [1.807, 2.05) is 12.1 Å². The van der Waals surface area contributed by atoms with Crippen molar-refractivity contribution in [2.45, 2.75) is 38.4 Å². The van der Waals surface area contributed by atoms with Gasteiger partial charge in [-0.3, -0.25) is 9.69 Å². The van der Waals surface area contributed by atoms with Crippen LogP contribution in [0.2, 0.25) is 0 Å². The summed E-state index contributed by atoms with van der Waals surface area (Å²) >= 11 is 0. The molecule has 2 N–H and O–H groups in total. The van der Waals surface area contributed by atoms with Gasteiger partial charge in [0.25, 0.3) is 0 Å². The largest absolute Gasteiger partial charge is 0.481 e. The maximum atomic E-state index is 10.8. The van der Waals surface area contributed by atoms with Gasteiger partial charge in [0.2, 0.25) is 0 Å². The second kappa shape index (κ2) is 5.12. The molecule has 1 unspecified atom stereocenters. The fourth-order valence-corrected chi connectivity index (χ4v) is 2.65. The Labute approximate surface area is 107 Å². The van der Waals surface area contributed by atoms with Crippen molar-refractivity contribution < 1.29 is 14.3 Å². The Morgan fingerprint density at radius 2 is 2.44 bits per heavy atom. The topological polar surface area (TPSA) is 65.7 Å². The monoisotopic (exact) mass is 252 g/mol. The van der Waals surface area contributed by atoms with Crippen molar-refractivity contribution in [1.82, 2.24) is 10.2 Å². The number of nitrogens with zero attached hydrogens (tertiary/aromatic N) is 1. The highest BCUT2D eigenvalue weighted by molar-refractivity contribution is 5.67. The number of rotatable bonds is 4. The predicted octanol–water partition coefficient (Wildman–Crippen LogP) is 1.31. The van der Waals surface area contributed by atoms with Crippen LogP contribution in [0.15, 0.2) is 22.8 Å². The molecular formula is C13H20N2O3. The number of carboxylic acids is 1. The molecule has 100 valence electrons. The maximum Gasteiger partial charge on any atom is 0.304 e. The van der Waals surface area contributed by atoms with E-state index in [0.717, 1.165) is 25.4 Å². The van der Waals surface area contributed by atoms with Gasteiger partial charge in [-0.15, -0.1) is 0 Å². The Hall–Kier alpha value is -1.33. The zero-order chi connectivity index (χ0) is 13.2. The molecule has 5 heteroatoms. The summed E-state index contributed by atoms with van der Waals surface area (Å²) in [4.78, 5) is 13.1. The molecule has 5 nitrogen and oxygen atoms in total. The van der Waals surface area contributed by atoms with E-state index < -0.39 is 5.97 Å². The van der Waals surface area contributed by atoms with Crippen molar-refractivity contribution in [3.8, 4) is 0 Å². The highest BCUT2D eigenvalue weighted by Crippen LogP contribution is 2.18. The molecule has 1 atom stereocenters. The molecule has 2 heterocycles. The van der Waals surface area contributed by atoms with Gasteiger partial charge < -0.3 is 14.8 Å². The zero-order valence-corrected chi connectivity index (χ0v) is 10.8. The van der Waals surface area contributed by atoms with Gasteiger partial charge >= 0.3 is 5.97 Å². The van der Waals surface area contributed by atoms with Gasteiger partial charge in [-0.25, -0.2) is 0 Å². The van der Waals surface area contributed by atoms with E-state index in [0.29, 0.717) is 0 Å². The number of carbonyl (C=O) groups is 1. The van der Waals surface area contributed by atoms with Crippen LogP contribution in [-0.4, -0.2) is 40.6 Å². The van der Waals surface area contributed by atoms with Crippen molar-refractivity contribution in [2.75, 3.05) is 13.1 Å². The summed E-state index contributed by atoms with van der Waals surface area (Å²) in [7, 11) is 0. The van der Waals surface area contributed by atoms with Crippen molar-refractivity contribution in [3.63, 3.8) is 0 Å².